The van der Waals surface area contributed by atoms with Crippen LogP contribution in [-0.2, 0) is 14.6 Å². The lowest BCUT2D eigenvalue weighted by atomic mass is 9.91. The second-order valence-electron chi connectivity index (χ2n) is 4.36. The van der Waals surface area contributed by atoms with Crippen molar-refractivity contribution < 1.29 is 13.2 Å². The number of sulfone groups is 1. The lowest BCUT2D eigenvalue weighted by Gasteiger charge is -2.36. The Bertz CT molecular complexity index is 290. The van der Waals surface area contributed by atoms with E-state index in [0.717, 1.165) is 6.42 Å². The van der Waals surface area contributed by atoms with Gasteiger partial charge in [0.25, 0.3) is 0 Å². The first-order valence-electron chi connectivity index (χ1n) is 5.78. The van der Waals surface area contributed by atoms with Crippen LogP contribution in [0.15, 0.2) is 0 Å². The van der Waals surface area contributed by atoms with Crippen LogP contribution in [0.25, 0.3) is 0 Å². The Morgan fingerprint density at radius 2 is 1.94 bits per heavy atom. The highest BCUT2D eigenvalue weighted by Crippen LogP contribution is 2.22. The number of rotatable bonds is 8. The van der Waals surface area contributed by atoms with Gasteiger partial charge in [-0.15, -0.1) is 0 Å². The lowest BCUT2D eigenvalue weighted by Crippen LogP contribution is -2.49. The molecule has 4 nitrogen and oxygen atoms in total. The molecule has 0 aliphatic heterocycles. The van der Waals surface area contributed by atoms with Gasteiger partial charge in [-0.2, -0.15) is 0 Å². The Morgan fingerprint density at radius 3 is 2.25 bits per heavy atom. The summed E-state index contributed by atoms with van der Waals surface area (Å²) in [5.74, 6) is 0.196. The highest BCUT2D eigenvalue weighted by Gasteiger charge is 2.32. The van der Waals surface area contributed by atoms with E-state index in [1.54, 1.807) is 0 Å². The van der Waals surface area contributed by atoms with Crippen LogP contribution in [0.5, 0.6) is 0 Å². The van der Waals surface area contributed by atoms with Gasteiger partial charge in [-0.3, -0.25) is 0 Å². The molecule has 0 aromatic rings. The predicted molar refractivity (Wildman–Crippen MR) is 67.5 cm³/mol. The molecule has 0 fully saturated rings. The predicted octanol–water partition coefficient (Wildman–Crippen LogP) is 1.21. The standard InChI is InChI=1S/C11H25NO3S/c1-6-11(3,15-7-2)10(12-4)8-9-16(5,13)14/h10,12H,6-9H2,1-5H3. The molecule has 0 rings (SSSR count). The summed E-state index contributed by atoms with van der Waals surface area (Å²) in [6.45, 7) is 6.68. The van der Waals surface area contributed by atoms with Crippen LogP contribution in [-0.4, -0.2) is 45.7 Å². The van der Waals surface area contributed by atoms with Crippen LogP contribution in [0.1, 0.15) is 33.6 Å². The van der Waals surface area contributed by atoms with E-state index < -0.39 is 9.84 Å². The molecular formula is C11H25NO3S. The second kappa shape index (κ2) is 6.57. The molecule has 0 saturated heterocycles. The molecule has 0 spiro atoms. The van der Waals surface area contributed by atoms with E-state index in [1.165, 1.54) is 6.26 Å². The molecule has 0 saturated carbocycles. The van der Waals surface area contributed by atoms with E-state index in [-0.39, 0.29) is 17.4 Å². The molecule has 2 unspecified atom stereocenters. The van der Waals surface area contributed by atoms with Gasteiger partial charge in [0, 0.05) is 18.9 Å². The molecular weight excluding hydrogens is 226 g/mol. The van der Waals surface area contributed by atoms with Gasteiger partial charge in [-0.1, -0.05) is 6.92 Å². The van der Waals surface area contributed by atoms with Gasteiger partial charge in [-0.05, 0) is 33.7 Å². The Morgan fingerprint density at radius 1 is 1.38 bits per heavy atom. The molecule has 0 aromatic carbocycles. The van der Waals surface area contributed by atoms with Gasteiger partial charge >= 0.3 is 0 Å². The van der Waals surface area contributed by atoms with Gasteiger partial charge in [0.05, 0.1) is 11.4 Å². The van der Waals surface area contributed by atoms with Crippen molar-refractivity contribution in [1.82, 2.24) is 5.32 Å². The number of nitrogens with one attached hydrogen (secondary N) is 1. The third kappa shape index (κ3) is 5.27. The second-order valence-corrected chi connectivity index (χ2v) is 6.62. The van der Waals surface area contributed by atoms with E-state index in [9.17, 15) is 8.42 Å². The Balaban J connectivity index is 4.56. The van der Waals surface area contributed by atoms with Crippen LogP contribution in [0.2, 0.25) is 0 Å². The zero-order valence-corrected chi connectivity index (χ0v) is 11.9. The molecule has 2 atom stereocenters. The molecule has 0 bridgehead atoms. The first kappa shape index (κ1) is 15.9. The van der Waals surface area contributed by atoms with Crippen molar-refractivity contribution in [1.29, 1.82) is 0 Å². The van der Waals surface area contributed by atoms with Crippen molar-refractivity contribution in [2.75, 3.05) is 25.7 Å². The minimum atomic E-state index is -2.91. The summed E-state index contributed by atoms with van der Waals surface area (Å²) in [5, 5.41) is 3.16. The lowest BCUT2D eigenvalue weighted by molar-refractivity contribution is -0.0541. The maximum absolute atomic E-state index is 11.2. The molecule has 0 aliphatic rings. The van der Waals surface area contributed by atoms with Crippen molar-refractivity contribution >= 4 is 9.84 Å². The largest absolute Gasteiger partial charge is 0.374 e. The summed E-state index contributed by atoms with van der Waals surface area (Å²) in [5.41, 5.74) is -0.297. The summed E-state index contributed by atoms with van der Waals surface area (Å²) in [6.07, 6.45) is 2.71. The van der Waals surface area contributed by atoms with Crippen LogP contribution in [0.3, 0.4) is 0 Å². The van der Waals surface area contributed by atoms with E-state index in [2.05, 4.69) is 12.2 Å². The topological polar surface area (TPSA) is 55.4 Å². The van der Waals surface area contributed by atoms with E-state index in [4.69, 9.17) is 4.74 Å². The Kier molecular flexibility index (Phi) is 6.51. The van der Waals surface area contributed by atoms with Crippen molar-refractivity contribution in [3.8, 4) is 0 Å². The van der Waals surface area contributed by atoms with Crippen molar-refractivity contribution in [2.24, 2.45) is 0 Å². The maximum Gasteiger partial charge on any atom is 0.147 e. The summed E-state index contributed by atoms with van der Waals surface area (Å²) in [7, 11) is -1.06. The molecule has 0 aromatic heterocycles. The quantitative estimate of drug-likeness (QED) is 0.704. The van der Waals surface area contributed by atoms with Crippen LogP contribution < -0.4 is 5.32 Å². The number of ether oxygens (including phenoxy) is 1. The SMILES string of the molecule is CCOC(C)(CC)C(CCS(C)(=O)=O)NC. The number of likely N-dealkylation sites (N-methyl/N-ethyl adjacent to an activating group) is 1. The smallest absolute Gasteiger partial charge is 0.147 e. The van der Waals surface area contributed by atoms with E-state index in [1.807, 2.05) is 20.9 Å². The molecule has 16 heavy (non-hydrogen) atoms. The molecule has 98 valence electrons. The maximum atomic E-state index is 11.2. The Hall–Kier alpha value is -0.130. The van der Waals surface area contributed by atoms with Crippen LogP contribution in [0, 0.1) is 0 Å². The molecule has 0 heterocycles. The first-order chi connectivity index (χ1) is 7.29. The van der Waals surface area contributed by atoms with Gasteiger partial charge in [-0.25, -0.2) is 8.42 Å². The highest BCUT2D eigenvalue weighted by molar-refractivity contribution is 7.90. The Labute approximate surface area is 99.7 Å². The van der Waals surface area contributed by atoms with E-state index in [0.29, 0.717) is 13.0 Å². The fraction of sp³-hybridized carbons (Fsp3) is 1.00. The van der Waals surface area contributed by atoms with Crippen LogP contribution in [0.4, 0.5) is 0 Å². The highest BCUT2D eigenvalue weighted by atomic mass is 32.2. The van der Waals surface area contributed by atoms with Crippen LogP contribution >= 0.6 is 0 Å². The number of hydrogen-bond donors (Lipinski definition) is 1. The zero-order valence-electron chi connectivity index (χ0n) is 11.0. The molecule has 5 heteroatoms. The molecule has 0 amide bonds. The van der Waals surface area contributed by atoms with Crippen molar-refractivity contribution in [3.05, 3.63) is 0 Å². The summed E-state index contributed by atoms with van der Waals surface area (Å²) in [6, 6.07) is 0.0622. The monoisotopic (exact) mass is 251 g/mol. The average molecular weight is 251 g/mol. The molecule has 1 N–H and O–H groups in total. The molecule has 0 aliphatic carbocycles. The third-order valence-electron chi connectivity index (χ3n) is 3.04. The first-order valence-corrected chi connectivity index (χ1v) is 7.84. The van der Waals surface area contributed by atoms with Crippen molar-refractivity contribution in [3.63, 3.8) is 0 Å². The minimum Gasteiger partial charge on any atom is -0.374 e. The van der Waals surface area contributed by atoms with Gasteiger partial charge in [0.2, 0.25) is 0 Å². The molecule has 0 radical (unpaired) electrons. The van der Waals surface area contributed by atoms with Gasteiger partial charge in [0.1, 0.15) is 9.84 Å². The summed E-state index contributed by atoms with van der Waals surface area (Å²) < 4.78 is 28.1. The normalized spacial score (nSPS) is 18.1. The minimum absolute atomic E-state index is 0.0622. The third-order valence-corrected chi connectivity index (χ3v) is 4.02. The number of hydrogen-bond acceptors (Lipinski definition) is 4. The fourth-order valence-corrected chi connectivity index (χ4v) is 2.53. The van der Waals surface area contributed by atoms with Crippen molar-refractivity contribution in [2.45, 2.75) is 45.3 Å². The summed E-state index contributed by atoms with van der Waals surface area (Å²) >= 11 is 0. The summed E-state index contributed by atoms with van der Waals surface area (Å²) in [4.78, 5) is 0. The fourth-order valence-electron chi connectivity index (χ4n) is 1.87. The van der Waals surface area contributed by atoms with E-state index >= 15 is 0 Å². The average Bonchev–Trinajstić information content (AvgIpc) is 2.17. The van der Waals surface area contributed by atoms with Gasteiger partial charge < -0.3 is 10.1 Å². The van der Waals surface area contributed by atoms with Gasteiger partial charge in [0.15, 0.2) is 0 Å². The zero-order chi connectivity index (χ0) is 12.8.